The van der Waals surface area contributed by atoms with Crippen LogP contribution in [0.2, 0.25) is 0 Å². The van der Waals surface area contributed by atoms with Gasteiger partial charge in [-0.05, 0) is 22.9 Å². The molecule has 2 aromatic rings. The minimum Gasteiger partial charge on any atom is -0.435 e. The van der Waals surface area contributed by atoms with E-state index in [0.717, 1.165) is 5.56 Å². The van der Waals surface area contributed by atoms with Crippen LogP contribution in [0.4, 0.5) is 8.78 Å². The predicted molar refractivity (Wildman–Crippen MR) is 62.5 cm³/mol. The van der Waals surface area contributed by atoms with Crippen molar-refractivity contribution in [1.29, 1.82) is 0 Å². The van der Waals surface area contributed by atoms with Gasteiger partial charge < -0.3 is 10.5 Å². The third-order valence-corrected chi connectivity index (χ3v) is 2.49. The van der Waals surface area contributed by atoms with Crippen LogP contribution in [0.5, 0.6) is 5.75 Å². The lowest BCUT2D eigenvalue weighted by Crippen LogP contribution is -2.14. The summed E-state index contributed by atoms with van der Waals surface area (Å²) in [5, 5.41) is 11.6. The molecular weight excluding hydrogens is 256 g/mol. The Balaban J connectivity index is 2.01. The van der Waals surface area contributed by atoms with E-state index in [-0.39, 0.29) is 11.8 Å². The molecule has 1 unspecified atom stereocenters. The molecule has 0 radical (unpaired) electrons. The number of alkyl halides is 2. The molecule has 1 atom stereocenters. The Morgan fingerprint density at radius 1 is 1.32 bits per heavy atom. The highest BCUT2D eigenvalue weighted by Gasteiger charge is 2.11. The molecule has 0 bridgehead atoms. The fraction of sp³-hybridized carbons (Fsp3) is 0.364. The molecule has 0 aliphatic carbocycles. The van der Waals surface area contributed by atoms with Gasteiger partial charge in [0.2, 0.25) is 0 Å². The van der Waals surface area contributed by atoms with Crippen molar-refractivity contribution in [3.05, 3.63) is 35.7 Å². The summed E-state index contributed by atoms with van der Waals surface area (Å²) in [5.41, 5.74) is 6.77. The smallest absolute Gasteiger partial charge is 0.387 e. The summed E-state index contributed by atoms with van der Waals surface area (Å²) in [6.45, 7) is -2.83. The number of nitrogens with zero attached hydrogens (tertiary/aromatic N) is 4. The standard InChI is InChI=1S/C11H13F2N5O/c1-18-16-10(15-17-18)6-9(14)7-2-4-8(5-3-7)19-11(12)13/h2-5,9,11H,6,14H2,1H3. The van der Waals surface area contributed by atoms with Gasteiger partial charge >= 0.3 is 6.61 Å². The molecule has 0 amide bonds. The first-order valence-electron chi connectivity index (χ1n) is 5.58. The summed E-state index contributed by atoms with van der Waals surface area (Å²) in [6.07, 6.45) is 0.420. The van der Waals surface area contributed by atoms with Crippen LogP contribution in [0.15, 0.2) is 24.3 Å². The van der Waals surface area contributed by atoms with Crippen molar-refractivity contribution in [3.63, 3.8) is 0 Å². The van der Waals surface area contributed by atoms with E-state index < -0.39 is 6.61 Å². The zero-order valence-electron chi connectivity index (χ0n) is 10.2. The highest BCUT2D eigenvalue weighted by atomic mass is 19.3. The average molecular weight is 269 g/mol. The van der Waals surface area contributed by atoms with Crippen LogP contribution >= 0.6 is 0 Å². The zero-order chi connectivity index (χ0) is 13.8. The van der Waals surface area contributed by atoms with Gasteiger partial charge in [0.1, 0.15) is 5.75 Å². The number of hydrogen-bond acceptors (Lipinski definition) is 5. The van der Waals surface area contributed by atoms with Crippen molar-refractivity contribution in [3.8, 4) is 5.75 Å². The van der Waals surface area contributed by atoms with E-state index in [2.05, 4.69) is 20.1 Å². The first-order chi connectivity index (χ1) is 9.04. The lowest BCUT2D eigenvalue weighted by molar-refractivity contribution is -0.0498. The van der Waals surface area contributed by atoms with Gasteiger partial charge in [-0.2, -0.15) is 13.6 Å². The van der Waals surface area contributed by atoms with Gasteiger partial charge in [0, 0.05) is 12.5 Å². The van der Waals surface area contributed by atoms with E-state index in [4.69, 9.17) is 5.73 Å². The third-order valence-electron chi connectivity index (χ3n) is 2.49. The maximum atomic E-state index is 12.0. The molecule has 0 aliphatic heterocycles. The molecule has 102 valence electrons. The second-order valence-electron chi connectivity index (χ2n) is 3.95. The number of hydrogen-bond donors (Lipinski definition) is 1. The molecular formula is C11H13F2N5O. The quantitative estimate of drug-likeness (QED) is 0.877. The Kier molecular flexibility index (Phi) is 4.00. The van der Waals surface area contributed by atoms with Crippen molar-refractivity contribution in [2.75, 3.05) is 0 Å². The Morgan fingerprint density at radius 3 is 2.53 bits per heavy atom. The summed E-state index contributed by atoms with van der Waals surface area (Å²) < 4.78 is 28.3. The van der Waals surface area contributed by atoms with E-state index in [9.17, 15) is 8.78 Å². The monoisotopic (exact) mass is 269 g/mol. The minimum absolute atomic E-state index is 0.101. The maximum Gasteiger partial charge on any atom is 0.387 e. The molecule has 0 saturated carbocycles. The number of aromatic nitrogens is 4. The van der Waals surface area contributed by atoms with Crippen LogP contribution in [0.25, 0.3) is 0 Å². The Bertz CT molecular complexity index is 528. The van der Waals surface area contributed by atoms with Crippen molar-refractivity contribution < 1.29 is 13.5 Å². The molecule has 8 heteroatoms. The van der Waals surface area contributed by atoms with Gasteiger partial charge in [-0.15, -0.1) is 10.2 Å². The number of tetrazole rings is 1. The fourth-order valence-electron chi connectivity index (χ4n) is 1.62. The van der Waals surface area contributed by atoms with Crippen LogP contribution < -0.4 is 10.5 Å². The third kappa shape index (κ3) is 3.68. The molecule has 1 aromatic heterocycles. The first-order valence-corrected chi connectivity index (χ1v) is 5.58. The highest BCUT2D eigenvalue weighted by molar-refractivity contribution is 5.29. The maximum absolute atomic E-state index is 12.0. The molecule has 1 aromatic carbocycles. The first kappa shape index (κ1) is 13.3. The lowest BCUT2D eigenvalue weighted by Gasteiger charge is -2.10. The summed E-state index contributed by atoms with van der Waals surface area (Å²) in [7, 11) is 1.67. The topological polar surface area (TPSA) is 78.9 Å². The number of aryl methyl sites for hydroxylation is 1. The Hall–Kier alpha value is -2.09. The molecule has 19 heavy (non-hydrogen) atoms. The van der Waals surface area contributed by atoms with Gasteiger partial charge in [-0.25, -0.2) is 0 Å². The van der Waals surface area contributed by atoms with E-state index in [1.54, 1.807) is 19.2 Å². The lowest BCUT2D eigenvalue weighted by atomic mass is 10.0. The largest absolute Gasteiger partial charge is 0.435 e. The number of ether oxygens (including phenoxy) is 1. The Morgan fingerprint density at radius 2 is 2.00 bits per heavy atom. The summed E-state index contributed by atoms with van der Waals surface area (Å²) >= 11 is 0. The number of nitrogens with two attached hydrogens (primary N) is 1. The van der Waals surface area contributed by atoms with Crippen LogP contribution in [-0.2, 0) is 13.5 Å². The highest BCUT2D eigenvalue weighted by Crippen LogP contribution is 2.19. The van der Waals surface area contributed by atoms with Crippen LogP contribution in [0.1, 0.15) is 17.4 Å². The van der Waals surface area contributed by atoms with Gasteiger partial charge in [-0.1, -0.05) is 12.1 Å². The van der Waals surface area contributed by atoms with Crippen molar-refractivity contribution in [2.45, 2.75) is 19.1 Å². The van der Waals surface area contributed by atoms with Gasteiger partial charge in [0.15, 0.2) is 5.82 Å². The van der Waals surface area contributed by atoms with Crippen LogP contribution in [0.3, 0.4) is 0 Å². The molecule has 6 nitrogen and oxygen atoms in total. The van der Waals surface area contributed by atoms with E-state index >= 15 is 0 Å². The SMILES string of the molecule is Cn1nnc(CC(N)c2ccc(OC(F)F)cc2)n1. The van der Waals surface area contributed by atoms with E-state index in [1.807, 2.05) is 0 Å². The molecule has 0 fully saturated rings. The summed E-state index contributed by atoms with van der Waals surface area (Å²) in [6, 6.07) is 5.85. The average Bonchev–Trinajstić information content (AvgIpc) is 2.75. The van der Waals surface area contributed by atoms with Gasteiger partial charge in [-0.3, -0.25) is 0 Å². The summed E-state index contributed by atoms with van der Waals surface area (Å²) in [4.78, 5) is 1.35. The summed E-state index contributed by atoms with van der Waals surface area (Å²) in [5.74, 6) is 0.631. The normalized spacial score (nSPS) is 12.7. The fourth-order valence-corrected chi connectivity index (χ4v) is 1.62. The predicted octanol–water partition coefficient (Wildman–Crippen LogP) is 1.05. The zero-order valence-corrected chi connectivity index (χ0v) is 10.2. The van der Waals surface area contributed by atoms with Gasteiger partial charge in [0.25, 0.3) is 0 Å². The number of benzene rings is 1. The van der Waals surface area contributed by atoms with Crippen molar-refractivity contribution in [2.24, 2.45) is 12.8 Å². The van der Waals surface area contributed by atoms with Gasteiger partial charge in [0.05, 0.1) is 7.05 Å². The van der Waals surface area contributed by atoms with Crippen molar-refractivity contribution in [1.82, 2.24) is 20.2 Å². The second kappa shape index (κ2) is 5.70. The van der Waals surface area contributed by atoms with Crippen molar-refractivity contribution >= 4 is 0 Å². The number of halogens is 2. The minimum atomic E-state index is -2.83. The van der Waals surface area contributed by atoms with Crippen LogP contribution in [0, 0.1) is 0 Å². The molecule has 1 heterocycles. The van der Waals surface area contributed by atoms with E-state index in [0.29, 0.717) is 12.2 Å². The molecule has 0 aliphatic rings. The molecule has 0 spiro atoms. The molecule has 0 saturated heterocycles. The molecule has 2 rings (SSSR count). The second-order valence-corrected chi connectivity index (χ2v) is 3.95. The Labute approximate surface area is 108 Å². The van der Waals surface area contributed by atoms with E-state index in [1.165, 1.54) is 16.9 Å². The number of rotatable bonds is 5. The van der Waals surface area contributed by atoms with Crippen LogP contribution in [-0.4, -0.2) is 26.8 Å². The molecule has 2 N–H and O–H groups in total.